The van der Waals surface area contributed by atoms with Gasteiger partial charge in [-0.15, -0.1) is 0 Å². The van der Waals surface area contributed by atoms with Crippen LogP contribution in [-0.4, -0.2) is 31.9 Å². The van der Waals surface area contributed by atoms with Crippen LogP contribution in [-0.2, 0) is 4.74 Å². The first kappa shape index (κ1) is 14.7. The van der Waals surface area contributed by atoms with E-state index >= 15 is 0 Å². The summed E-state index contributed by atoms with van der Waals surface area (Å²) in [5.74, 6) is 1.86. The van der Waals surface area contributed by atoms with Gasteiger partial charge in [0.05, 0.1) is 12.7 Å². The van der Waals surface area contributed by atoms with Gasteiger partial charge in [0.2, 0.25) is 0 Å². The fraction of sp³-hybridized carbons (Fsp3) is 0.647. The molecule has 0 bridgehead atoms. The molecule has 1 atom stereocenters. The van der Waals surface area contributed by atoms with Gasteiger partial charge < -0.3 is 19.5 Å². The molecule has 2 heterocycles. The van der Waals surface area contributed by atoms with Crippen LogP contribution in [0.15, 0.2) is 18.2 Å². The van der Waals surface area contributed by atoms with Crippen molar-refractivity contribution in [3.8, 4) is 11.5 Å². The largest absolute Gasteiger partial charge is 0.494 e. The van der Waals surface area contributed by atoms with E-state index in [9.17, 15) is 0 Å². The molecule has 4 heteroatoms. The summed E-state index contributed by atoms with van der Waals surface area (Å²) in [6, 6.07) is 6.10. The van der Waals surface area contributed by atoms with E-state index in [1.807, 2.05) is 19.1 Å². The van der Waals surface area contributed by atoms with Crippen LogP contribution in [0.4, 0.5) is 0 Å². The summed E-state index contributed by atoms with van der Waals surface area (Å²) < 4.78 is 18.0. The molecule has 1 spiro atoms. The molecule has 1 saturated heterocycles. The van der Waals surface area contributed by atoms with Crippen molar-refractivity contribution in [1.29, 1.82) is 0 Å². The van der Waals surface area contributed by atoms with Crippen molar-refractivity contribution in [2.45, 2.75) is 44.8 Å². The Morgan fingerprint density at radius 1 is 1.24 bits per heavy atom. The Morgan fingerprint density at radius 2 is 2.05 bits per heavy atom. The summed E-state index contributed by atoms with van der Waals surface area (Å²) in [5, 5.41) is 3.41. The van der Waals surface area contributed by atoms with Gasteiger partial charge in [0.15, 0.2) is 0 Å². The smallest absolute Gasteiger partial charge is 0.126 e. The number of hydrogen-bond acceptors (Lipinski definition) is 4. The zero-order valence-electron chi connectivity index (χ0n) is 13.0. The Bertz CT molecular complexity index is 483. The van der Waals surface area contributed by atoms with E-state index < -0.39 is 0 Å². The lowest BCUT2D eigenvalue weighted by Gasteiger charge is -2.44. The van der Waals surface area contributed by atoms with E-state index in [-0.39, 0.29) is 11.7 Å². The van der Waals surface area contributed by atoms with Crippen LogP contribution in [0.25, 0.3) is 0 Å². The number of hydrogen-bond donors (Lipinski definition) is 1. The van der Waals surface area contributed by atoms with Gasteiger partial charge in [-0.05, 0) is 58.0 Å². The Morgan fingerprint density at radius 3 is 2.76 bits per heavy atom. The third-order valence-corrected chi connectivity index (χ3v) is 4.41. The number of nitrogens with one attached hydrogen (secondary N) is 1. The molecule has 1 N–H and O–H groups in total. The highest BCUT2D eigenvalue weighted by molar-refractivity contribution is 5.44. The lowest BCUT2D eigenvalue weighted by atomic mass is 9.82. The van der Waals surface area contributed by atoms with Crippen molar-refractivity contribution >= 4 is 0 Å². The number of fused-ring (bicyclic) bond motifs is 1. The predicted molar refractivity (Wildman–Crippen MR) is 82.1 cm³/mol. The molecular weight excluding hydrogens is 266 g/mol. The number of ether oxygens (including phenoxy) is 3. The summed E-state index contributed by atoms with van der Waals surface area (Å²) in [6.45, 7) is 7.49. The van der Waals surface area contributed by atoms with Gasteiger partial charge in [0, 0.05) is 18.6 Å². The van der Waals surface area contributed by atoms with Gasteiger partial charge in [-0.1, -0.05) is 0 Å². The molecule has 3 rings (SSSR count). The fourth-order valence-electron chi connectivity index (χ4n) is 3.39. The SMILES string of the molecule is CCOc1ccc2c(c1)C(OCC)CC1(CCNCC1)O2. The van der Waals surface area contributed by atoms with Gasteiger partial charge in [-0.25, -0.2) is 0 Å². The molecule has 4 nitrogen and oxygen atoms in total. The molecule has 2 aliphatic rings. The maximum atomic E-state index is 6.39. The molecule has 1 aromatic carbocycles. The quantitative estimate of drug-likeness (QED) is 0.925. The predicted octanol–water partition coefficient (Wildman–Crippen LogP) is 3.07. The zero-order valence-corrected chi connectivity index (χ0v) is 13.0. The van der Waals surface area contributed by atoms with Crippen LogP contribution < -0.4 is 14.8 Å². The van der Waals surface area contributed by atoms with E-state index in [2.05, 4.69) is 18.3 Å². The number of benzene rings is 1. The molecule has 1 aromatic rings. The first-order valence-corrected chi connectivity index (χ1v) is 8.04. The molecule has 1 unspecified atom stereocenters. The van der Waals surface area contributed by atoms with Crippen molar-refractivity contribution < 1.29 is 14.2 Å². The molecule has 0 amide bonds. The highest BCUT2D eigenvalue weighted by Gasteiger charge is 2.42. The minimum absolute atomic E-state index is 0.0643. The first-order chi connectivity index (χ1) is 10.3. The molecule has 0 aromatic heterocycles. The first-order valence-electron chi connectivity index (χ1n) is 8.04. The molecule has 1 fully saturated rings. The van der Waals surface area contributed by atoms with Crippen LogP contribution >= 0.6 is 0 Å². The average Bonchev–Trinajstić information content (AvgIpc) is 2.49. The van der Waals surface area contributed by atoms with E-state index in [4.69, 9.17) is 14.2 Å². The second-order valence-corrected chi connectivity index (χ2v) is 5.82. The van der Waals surface area contributed by atoms with Crippen molar-refractivity contribution in [2.75, 3.05) is 26.3 Å². The van der Waals surface area contributed by atoms with Crippen molar-refractivity contribution in [1.82, 2.24) is 5.32 Å². The summed E-state index contributed by atoms with van der Waals surface area (Å²) in [4.78, 5) is 0. The Labute approximate surface area is 126 Å². The molecule has 0 saturated carbocycles. The van der Waals surface area contributed by atoms with Crippen LogP contribution in [0.1, 0.15) is 44.8 Å². The van der Waals surface area contributed by atoms with Gasteiger partial charge in [-0.3, -0.25) is 0 Å². The van der Waals surface area contributed by atoms with Gasteiger partial charge >= 0.3 is 0 Å². The van der Waals surface area contributed by atoms with E-state index in [0.717, 1.165) is 56.0 Å². The lowest BCUT2D eigenvalue weighted by molar-refractivity contribution is -0.0590. The third-order valence-electron chi connectivity index (χ3n) is 4.41. The standard InChI is InChI=1S/C17H25NO3/c1-3-19-13-5-6-15-14(11-13)16(20-4-2)12-17(21-15)7-9-18-10-8-17/h5-6,11,16,18H,3-4,7-10,12H2,1-2H3. The monoisotopic (exact) mass is 291 g/mol. The van der Waals surface area contributed by atoms with E-state index in [0.29, 0.717) is 6.61 Å². The van der Waals surface area contributed by atoms with Crippen LogP contribution in [0.5, 0.6) is 11.5 Å². The second-order valence-electron chi connectivity index (χ2n) is 5.82. The molecule has 0 aliphatic carbocycles. The van der Waals surface area contributed by atoms with Gasteiger partial charge in [0.1, 0.15) is 17.1 Å². The van der Waals surface area contributed by atoms with Crippen molar-refractivity contribution in [3.05, 3.63) is 23.8 Å². The molecular formula is C17H25NO3. The minimum atomic E-state index is -0.0643. The average molecular weight is 291 g/mol. The highest BCUT2D eigenvalue weighted by atomic mass is 16.5. The van der Waals surface area contributed by atoms with E-state index in [1.165, 1.54) is 0 Å². The topological polar surface area (TPSA) is 39.7 Å². The van der Waals surface area contributed by atoms with Crippen molar-refractivity contribution in [2.24, 2.45) is 0 Å². The van der Waals surface area contributed by atoms with Crippen molar-refractivity contribution in [3.63, 3.8) is 0 Å². The highest BCUT2D eigenvalue weighted by Crippen LogP contribution is 2.46. The zero-order chi connectivity index (χ0) is 14.7. The molecule has 21 heavy (non-hydrogen) atoms. The summed E-state index contributed by atoms with van der Waals surface area (Å²) in [7, 11) is 0. The molecule has 2 aliphatic heterocycles. The molecule has 0 radical (unpaired) electrons. The number of rotatable bonds is 4. The Kier molecular flexibility index (Phi) is 4.36. The van der Waals surface area contributed by atoms with Gasteiger partial charge in [-0.2, -0.15) is 0 Å². The van der Waals surface area contributed by atoms with Gasteiger partial charge in [0.25, 0.3) is 0 Å². The number of piperidine rings is 1. The fourth-order valence-corrected chi connectivity index (χ4v) is 3.39. The molecule has 116 valence electrons. The van der Waals surface area contributed by atoms with E-state index in [1.54, 1.807) is 0 Å². The second kappa shape index (κ2) is 6.24. The van der Waals surface area contributed by atoms with Crippen LogP contribution in [0, 0.1) is 0 Å². The summed E-state index contributed by atoms with van der Waals surface area (Å²) >= 11 is 0. The minimum Gasteiger partial charge on any atom is -0.494 e. The normalized spacial score (nSPS) is 23.4. The van der Waals surface area contributed by atoms with Crippen LogP contribution in [0.2, 0.25) is 0 Å². The third kappa shape index (κ3) is 3.01. The maximum Gasteiger partial charge on any atom is 0.126 e. The maximum absolute atomic E-state index is 6.39. The summed E-state index contributed by atoms with van der Waals surface area (Å²) in [6.07, 6.45) is 3.13. The van der Waals surface area contributed by atoms with Crippen LogP contribution in [0.3, 0.4) is 0 Å². The Hall–Kier alpha value is -1.26. The Balaban J connectivity index is 1.90. The summed E-state index contributed by atoms with van der Waals surface area (Å²) in [5.41, 5.74) is 1.07. The lowest BCUT2D eigenvalue weighted by Crippen LogP contribution is -2.49.